The number of carboxylic acid groups (broad SMARTS) is 1. The molecule has 0 amide bonds. The molecule has 3 fully saturated rings. The van der Waals surface area contributed by atoms with Gasteiger partial charge in [0.25, 0.3) is 0 Å². The third-order valence-corrected chi connectivity index (χ3v) is 5.51. The number of piperidine rings is 2. The maximum Gasteiger partial charge on any atom is 0.313 e. The van der Waals surface area contributed by atoms with Crippen LogP contribution in [-0.2, 0) is 9.53 Å². The van der Waals surface area contributed by atoms with Crippen LogP contribution in [0.1, 0.15) is 25.7 Å². The molecule has 0 spiro atoms. The van der Waals surface area contributed by atoms with E-state index in [0.717, 1.165) is 19.0 Å². The van der Waals surface area contributed by atoms with Crippen molar-refractivity contribution in [1.82, 2.24) is 9.80 Å². The lowest BCUT2D eigenvalue weighted by atomic mass is 9.81. The molecule has 3 rings (SSSR count). The van der Waals surface area contributed by atoms with Gasteiger partial charge in [-0.15, -0.1) is 0 Å². The lowest BCUT2D eigenvalue weighted by Crippen LogP contribution is -2.55. The van der Waals surface area contributed by atoms with E-state index in [0.29, 0.717) is 32.2 Å². The van der Waals surface area contributed by atoms with E-state index in [1.54, 1.807) is 0 Å². The number of aliphatic carboxylic acids is 1. The average molecular weight is 282 g/mol. The molecule has 3 aliphatic rings. The molecule has 0 bridgehead atoms. The van der Waals surface area contributed by atoms with Crippen molar-refractivity contribution in [2.24, 2.45) is 11.3 Å². The second-order valence-electron chi connectivity index (χ2n) is 6.86. The van der Waals surface area contributed by atoms with Gasteiger partial charge in [0, 0.05) is 25.7 Å². The molecule has 0 aromatic rings. The highest BCUT2D eigenvalue weighted by atomic mass is 16.5. The zero-order valence-corrected chi connectivity index (χ0v) is 12.4. The molecule has 3 saturated heterocycles. The number of fused-ring (bicyclic) bond motifs is 1. The Hall–Kier alpha value is -0.650. The molecule has 114 valence electrons. The van der Waals surface area contributed by atoms with E-state index in [1.807, 2.05) is 0 Å². The van der Waals surface area contributed by atoms with E-state index in [9.17, 15) is 9.90 Å². The third-order valence-electron chi connectivity index (χ3n) is 5.51. The van der Waals surface area contributed by atoms with E-state index in [2.05, 4.69) is 16.8 Å². The topological polar surface area (TPSA) is 53.0 Å². The highest BCUT2D eigenvalue weighted by Gasteiger charge is 2.45. The molecule has 5 heteroatoms. The van der Waals surface area contributed by atoms with Crippen LogP contribution < -0.4 is 0 Å². The Morgan fingerprint density at radius 1 is 1.40 bits per heavy atom. The molecule has 3 aliphatic heterocycles. The molecule has 0 saturated carbocycles. The number of hydrogen-bond donors (Lipinski definition) is 1. The third kappa shape index (κ3) is 2.59. The Balaban J connectivity index is 1.63. The first-order valence-corrected chi connectivity index (χ1v) is 7.84. The molecule has 0 aromatic heterocycles. The molecule has 0 aliphatic carbocycles. The summed E-state index contributed by atoms with van der Waals surface area (Å²) in [6.45, 7) is 4.94. The smallest absolute Gasteiger partial charge is 0.313 e. The van der Waals surface area contributed by atoms with Gasteiger partial charge in [0.05, 0.1) is 6.61 Å². The molecule has 0 radical (unpaired) electrons. The maximum absolute atomic E-state index is 11.6. The van der Waals surface area contributed by atoms with Crippen LogP contribution in [0.25, 0.3) is 0 Å². The highest BCUT2D eigenvalue weighted by Crippen LogP contribution is 2.34. The summed E-state index contributed by atoms with van der Waals surface area (Å²) in [6.07, 6.45) is 4.41. The Bertz CT molecular complexity index is 368. The fourth-order valence-electron chi connectivity index (χ4n) is 4.27. The van der Waals surface area contributed by atoms with Gasteiger partial charge in [-0.1, -0.05) is 0 Å². The van der Waals surface area contributed by atoms with Crippen LogP contribution in [0, 0.1) is 11.3 Å². The van der Waals surface area contributed by atoms with Gasteiger partial charge in [-0.2, -0.15) is 0 Å². The SMILES string of the molecule is CN1CCCC2CN(CC3(C(=O)O)CCOC3)CCC21. The molecule has 3 unspecified atom stereocenters. The van der Waals surface area contributed by atoms with Crippen molar-refractivity contribution in [3.8, 4) is 0 Å². The molecular formula is C15H26N2O3. The second kappa shape index (κ2) is 5.62. The second-order valence-corrected chi connectivity index (χ2v) is 6.86. The predicted octanol–water partition coefficient (Wildman–Crippen LogP) is 0.894. The minimum absolute atomic E-state index is 0.382. The van der Waals surface area contributed by atoms with Gasteiger partial charge < -0.3 is 19.6 Å². The van der Waals surface area contributed by atoms with Crippen LogP contribution in [0.2, 0.25) is 0 Å². The Morgan fingerprint density at radius 3 is 2.95 bits per heavy atom. The van der Waals surface area contributed by atoms with Crippen molar-refractivity contribution in [2.45, 2.75) is 31.7 Å². The van der Waals surface area contributed by atoms with Crippen molar-refractivity contribution in [3.05, 3.63) is 0 Å². The van der Waals surface area contributed by atoms with E-state index < -0.39 is 11.4 Å². The Kier molecular flexibility index (Phi) is 4.02. The van der Waals surface area contributed by atoms with Gasteiger partial charge in [-0.3, -0.25) is 4.79 Å². The summed E-state index contributed by atoms with van der Waals surface area (Å²) in [5.74, 6) is 0.0357. The minimum Gasteiger partial charge on any atom is -0.481 e. The Labute approximate surface area is 120 Å². The standard InChI is InChI=1S/C15H26N2O3/c1-16-6-2-3-12-9-17(7-4-13(12)16)10-15(14(18)19)5-8-20-11-15/h12-13H,2-11H2,1H3,(H,18,19). The van der Waals surface area contributed by atoms with Gasteiger partial charge in [0.15, 0.2) is 0 Å². The first kappa shape index (κ1) is 14.3. The van der Waals surface area contributed by atoms with Crippen LogP contribution in [0.5, 0.6) is 0 Å². The van der Waals surface area contributed by atoms with Crippen LogP contribution in [0.3, 0.4) is 0 Å². The van der Waals surface area contributed by atoms with E-state index in [1.165, 1.54) is 25.8 Å². The highest BCUT2D eigenvalue weighted by molar-refractivity contribution is 5.75. The maximum atomic E-state index is 11.6. The zero-order chi connectivity index (χ0) is 14.2. The molecule has 5 nitrogen and oxygen atoms in total. The van der Waals surface area contributed by atoms with E-state index >= 15 is 0 Å². The van der Waals surface area contributed by atoms with Gasteiger partial charge in [-0.25, -0.2) is 0 Å². The van der Waals surface area contributed by atoms with Gasteiger partial charge in [-0.05, 0) is 51.7 Å². The molecule has 20 heavy (non-hydrogen) atoms. The summed E-state index contributed by atoms with van der Waals surface area (Å²) < 4.78 is 5.37. The number of nitrogens with zero attached hydrogens (tertiary/aromatic N) is 2. The normalized spacial score (nSPS) is 39.6. The molecular weight excluding hydrogens is 256 g/mol. The monoisotopic (exact) mass is 282 g/mol. The van der Waals surface area contributed by atoms with Gasteiger partial charge in [0.1, 0.15) is 5.41 Å². The summed E-state index contributed by atoms with van der Waals surface area (Å²) in [5, 5.41) is 9.55. The van der Waals surface area contributed by atoms with Crippen LogP contribution >= 0.6 is 0 Å². The molecule has 0 aromatic carbocycles. The first-order valence-electron chi connectivity index (χ1n) is 7.84. The van der Waals surface area contributed by atoms with Gasteiger partial charge >= 0.3 is 5.97 Å². The summed E-state index contributed by atoms with van der Waals surface area (Å²) in [6, 6.07) is 0.709. The summed E-state index contributed by atoms with van der Waals surface area (Å²) in [5.41, 5.74) is -0.659. The number of carbonyl (C=O) groups is 1. The van der Waals surface area contributed by atoms with Crippen LogP contribution in [0.4, 0.5) is 0 Å². The van der Waals surface area contributed by atoms with Gasteiger partial charge in [0.2, 0.25) is 0 Å². The number of rotatable bonds is 3. The van der Waals surface area contributed by atoms with E-state index in [-0.39, 0.29) is 0 Å². The number of carboxylic acids is 1. The fourth-order valence-corrected chi connectivity index (χ4v) is 4.27. The largest absolute Gasteiger partial charge is 0.481 e. The first-order chi connectivity index (χ1) is 9.61. The van der Waals surface area contributed by atoms with Crippen molar-refractivity contribution >= 4 is 5.97 Å². The van der Waals surface area contributed by atoms with Crippen molar-refractivity contribution in [2.75, 3.05) is 46.4 Å². The molecule has 1 N–H and O–H groups in total. The molecule has 3 heterocycles. The fraction of sp³-hybridized carbons (Fsp3) is 0.933. The molecule has 3 atom stereocenters. The van der Waals surface area contributed by atoms with Crippen LogP contribution in [-0.4, -0.2) is 73.4 Å². The summed E-state index contributed by atoms with van der Waals surface area (Å²) >= 11 is 0. The van der Waals surface area contributed by atoms with Crippen molar-refractivity contribution < 1.29 is 14.6 Å². The number of hydrogen-bond acceptors (Lipinski definition) is 4. The van der Waals surface area contributed by atoms with Crippen molar-refractivity contribution in [3.63, 3.8) is 0 Å². The lowest BCUT2D eigenvalue weighted by molar-refractivity contribution is -0.150. The summed E-state index contributed by atoms with van der Waals surface area (Å²) in [7, 11) is 2.23. The zero-order valence-electron chi connectivity index (χ0n) is 12.4. The number of likely N-dealkylation sites (tertiary alicyclic amines) is 2. The minimum atomic E-state index is -0.683. The number of ether oxygens (including phenoxy) is 1. The quantitative estimate of drug-likeness (QED) is 0.833. The predicted molar refractivity (Wildman–Crippen MR) is 75.7 cm³/mol. The average Bonchev–Trinajstić information content (AvgIpc) is 2.89. The van der Waals surface area contributed by atoms with Crippen LogP contribution in [0.15, 0.2) is 0 Å². The Morgan fingerprint density at radius 2 is 2.25 bits per heavy atom. The van der Waals surface area contributed by atoms with E-state index in [4.69, 9.17) is 4.74 Å². The van der Waals surface area contributed by atoms with Crippen molar-refractivity contribution in [1.29, 1.82) is 0 Å². The summed E-state index contributed by atoms with van der Waals surface area (Å²) in [4.78, 5) is 16.5. The lowest BCUT2D eigenvalue weighted by Gasteiger charge is -2.47.